The fourth-order valence-electron chi connectivity index (χ4n) is 3.84. The van der Waals surface area contributed by atoms with Gasteiger partial charge in [0.1, 0.15) is 5.75 Å². The maximum Gasteiger partial charge on any atom is 0.420 e. The number of rotatable bonds is 13. The first kappa shape index (κ1) is 27.6. The Hall–Kier alpha value is -1.94. The molecule has 0 saturated carbocycles. The van der Waals surface area contributed by atoms with Crippen molar-refractivity contribution in [2.75, 3.05) is 25.0 Å². The number of benzene rings is 1. The van der Waals surface area contributed by atoms with Crippen LogP contribution >= 0.6 is 23.5 Å². The summed E-state index contributed by atoms with van der Waals surface area (Å²) in [5.41, 5.74) is 7.47. The van der Waals surface area contributed by atoms with E-state index >= 15 is 0 Å². The molecular formula is C25H35F3N4OS2. The molecule has 35 heavy (non-hydrogen) atoms. The van der Waals surface area contributed by atoms with Crippen LogP contribution in [-0.2, 0) is 6.18 Å². The summed E-state index contributed by atoms with van der Waals surface area (Å²) in [4.78, 5) is 6.61. The van der Waals surface area contributed by atoms with Crippen molar-refractivity contribution in [2.24, 2.45) is 10.7 Å². The number of nitrogens with one attached hydrogen (secondary N) is 1. The molecule has 1 aromatic carbocycles. The van der Waals surface area contributed by atoms with E-state index in [1.54, 1.807) is 17.8 Å². The van der Waals surface area contributed by atoms with Crippen molar-refractivity contribution in [3.05, 3.63) is 46.0 Å². The van der Waals surface area contributed by atoms with Gasteiger partial charge in [0.05, 0.1) is 28.9 Å². The zero-order chi connectivity index (χ0) is 25.3. The monoisotopic (exact) mass is 528 g/mol. The van der Waals surface area contributed by atoms with Crippen LogP contribution < -0.4 is 15.8 Å². The van der Waals surface area contributed by atoms with E-state index in [-0.39, 0.29) is 17.7 Å². The summed E-state index contributed by atoms with van der Waals surface area (Å²) in [7, 11) is 0. The molecule has 0 aliphatic carbocycles. The van der Waals surface area contributed by atoms with Crippen molar-refractivity contribution >= 4 is 34.4 Å². The summed E-state index contributed by atoms with van der Waals surface area (Å²) in [6.07, 6.45) is 2.82. The van der Waals surface area contributed by atoms with Gasteiger partial charge in [-0.1, -0.05) is 50.8 Å². The molecule has 2 aliphatic heterocycles. The lowest BCUT2D eigenvalue weighted by Gasteiger charge is -2.25. The van der Waals surface area contributed by atoms with Crippen LogP contribution in [0.25, 0.3) is 0 Å². The Balaban J connectivity index is 1.54. The molecule has 1 aromatic rings. The van der Waals surface area contributed by atoms with Crippen molar-refractivity contribution in [2.45, 2.75) is 70.3 Å². The number of hydrogen-bond acceptors (Lipinski definition) is 7. The quantitative estimate of drug-likeness (QED) is 0.206. The molecule has 0 bridgehead atoms. The lowest BCUT2D eigenvalue weighted by molar-refractivity contribution is -0.138. The van der Waals surface area contributed by atoms with E-state index in [4.69, 9.17) is 10.5 Å². The minimum Gasteiger partial charge on any atom is -0.493 e. The van der Waals surface area contributed by atoms with Crippen molar-refractivity contribution in [3.63, 3.8) is 0 Å². The second-order valence-electron chi connectivity index (χ2n) is 8.61. The minimum absolute atomic E-state index is 0.120. The Morgan fingerprint density at radius 1 is 1.29 bits per heavy atom. The Labute approximate surface area is 214 Å². The summed E-state index contributed by atoms with van der Waals surface area (Å²) < 4.78 is 46.6. The Morgan fingerprint density at radius 3 is 2.83 bits per heavy atom. The van der Waals surface area contributed by atoms with Gasteiger partial charge < -0.3 is 20.7 Å². The molecule has 0 amide bonds. The number of amidine groups is 1. The number of halogens is 3. The van der Waals surface area contributed by atoms with E-state index in [9.17, 15) is 13.2 Å². The summed E-state index contributed by atoms with van der Waals surface area (Å²) in [5, 5.41) is 7.74. The van der Waals surface area contributed by atoms with Gasteiger partial charge in [-0.3, -0.25) is 4.99 Å². The second kappa shape index (κ2) is 13.4. The summed E-state index contributed by atoms with van der Waals surface area (Å²) in [6.45, 7) is 6.05. The van der Waals surface area contributed by atoms with Crippen LogP contribution in [0.1, 0.15) is 64.4 Å². The van der Waals surface area contributed by atoms with E-state index in [1.807, 2.05) is 17.7 Å². The molecule has 0 spiro atoms. The van der Waals surface area contributed by atoms with E-state index in [0.29, 0.717) is 11.4 Å². The minimum atomic E-state index is -4.49. The molecule has 194 valence electrons. The number of unbranched alkanes of at least 4 members (excludes halogenated alkanes) is 5. The molecule has 2 aliphatic rings. The van der Waals surface area contributed by atoms with E-state index < -0.39 is 11.7 Å². The molecule has 5 nitrogen and oxygen atoms in total. The van der Waals surface area contributed by atoms with Gasteiger partial charge in [0, 0.05) is 24.2 Å². The van der Waals surface area contributed by atoms with Crippen LogP contribution in [0.5, 0.6) is 5.75 Å². The van der Waals surface area contributed by atoms with E-state index in [1.165, 1.54) is 30.7 Å². The fraction of sp³-hybridized carbons (Fsp3) is 0.560. The molecule has 0 radical (unpaired) electrons. The van der Waals surface area contributed by atoms with Crippen LogP contribution in [0.4, 0.5) is 18.9 Å². The molecule has 2 heterocycles. The predicted molar refractivity (Wildman–Crippen MR) is 143 cm³/mol. The zero-order valence-electron chi connectivity index (χ0n) is 20.4. The zero-order valence-corrected chi connectivity index (χ0v) is 22.0. The number of hydrogen-bond donors (Lipinski definition) is 2. The van der Waals surface area contributed by atoms with Crippen molar-refractivity contribution in [1.82, 2.24) is 4.90 Å². The molecule has 0 saturated heterocycles. The molecule has 1 atom stereocenters. The smallest absolute Gasteiger partial charge is 0.420 e. The number of aliphatic imine (C=N–C) groups is 1. The maximum atomic E-state index is 13.7. The van der Waals surface area contributed by atoms with Gasteiger partial charge in [0.25, 0.3) is 0 Å². The third kappa shape index (κ3) is 8.31. The number of thioether (sulfide) groups is 2. The van der Waals surface area contributed by atoms with Crippen LogP contribution in [0.3, 0.4) is 0 Å². The first-order chi connectivity index (χ1) is 16.8. The van der Waals surface area contributed by atoms with Crippen molar-refractivity contribution in [1.29, 1.82) is 0 Å². The van der Waals surface area contributed by atoms with Gasteiger partial charge in [-0.15, -0.1) is 11.8 Å². The number of nitrogens with two attached hydrogens (primary N) is 1. The fourth-order valence-corrected chi connectivity index (χ4v) is 5.48. The maximum absolute atomic E-state index is 13.7. The highest BCUT2D eigenvalue weighted by Crippen LogP contribution is 2.38. The third-order valence-corrected chi connectivity index (χ3v) is 7.51. The molecule has 10 heteroatoms. The summed E-state index contributed by atoms with van der Waals surface area (Å²) in [5.74, 6) is -0.120. The topological polar surface area (TPSA) is 62.9 Å². The second-order valence-corrected chi connectivity index (χ2v) is 10.7. The average Bonchev–Trinajstić information content (AvgIpc) is 3.26. The van der Waals surface area contributed by atoms with E-state index in [0.717, 1.165) is 62.1 Å². The van der Waals surface area contributed by atoms with Crippen LogP contribution in [0.15, 0.2) is 45.4 Å². The standard InChI is InChI=1S/C25H35F3N4OS2/c1-3-4-5-6-7-8-14-33-23-11-10-19(15-20(23)25(26,27)28)31-18(2)34-16-21(29)22-17-35-24-30-12-9-13-32(22)24/h10-11,15-18,31H,3-9,12-14,29H2,1-2H3/b21-16-. The van der Waals surface area contributed by atoms with Gasteiger partial charge in [0.2, 0.25) is 0 Å². The summed E-state index contributed by atoms with van der Waals surface area (Å²) in [6, 6.07) is 4.15. The number of nitrogens with zero attached hydrogens (tertiary/aromatic N) is 2. The van der Waals surface area contributed by atoms with Crippen LogP contribution in [0.2, 0.25) is 0 Å². The lowest BCUT2D eigenvalue weighted by atomic mass is 10.1. The SMILES string of the molecule is CCCCCCCCOc1ccc(NC(C)S/C=C(\N)C2=CSC3=NCCCN23)cc1C(F)(F)F. The molecule has 3 rings (SSSR count). The lowest BCUT2D eigenvalue weighted by Crippen LogP contribution is -2.31. The highest BCUT2D eigenvalue weighted by molar-refractivity contribution is 8.16. The number of fused-ring (bicyclic) bond motifs is 1. The van der Waals surface area contributed by atoms with Crippen LogP contribution in [0, 0.1) is 0 Å². The first-order valence-electron chi connectivity index (χ1n) is 12.2. The van der Waals surface area contributed by atoms with Crippen molar-refractivity contribution in [3.8, 4) is 5.75 Å². The van der Waals surface area contributed by atoms with Crippen molar-refractivity contribution < 1.29 is 17.9 Å². The normalized spacial score (nSPS) is 17.1. The van der Waals surface area contributed by atoms with Gasteiger partial charge >= 0.3 is 6.18 Å². The Kier molecular flexibility index (Phi) is 10.6. The molecule has 0 aromatic heterocycles. The van der Waals surface area contributed by atoms with Gasteiger partial charge in [-0.2, -0.15) is 13.2 Å². The molecular weight excluding hydrogens is 493 g/mol. The van der Waals surface area contributed by atoms with E-state index in [2.05, 4.69) is 22.1 Å². The highest BCUT2D eigenvalue weighted by atomic mass is 32.2. The van der Waals surface area contributed by atoms with Crippen LogP contribution in [-0.4, -0.2) is 35.1 Å². The Morgan fingerprint density at radius 2 is 2.06 bits per heavy atom. The molecule has 0 fully saturated rings. The summed E-state index contributed by atoms with van der Waals surface area (Å²) >= 11 is 2.99. The molecule has 3 N–H and O–H groups in total. The highest BCUT2D eigenvalue weighted by Gasteiger charge is 2.35. The average molecular weight is 529 g/mol. The third-order valence-electron chi connectivity index (χ3n) is 5.69. The number of ether oxygens (including phenoxy) is 1. The number of anilines is 1. The van der Waals surface area contributed by atoms with Gasteiger partial charge in [0.15, 0.2) is 5.17 Å². The predicted octanol–water partition coefficient (Wildman–Crippen LogP) is 7.39. The van der Waals surface area contributed by atoms with Gasteiger partial charge in [-0.25, -0.2) is 0 Å². The Bertz CT molecular complexity index is 934. The van der Waals surface area contributed by atoms with Gasteiger partial charge in [-0.05, 0) is 43.4 Å². The first-order valence-corrected chi connectivity index (χ1v) is 14.0. The number of alkyl halides is 3. The largest absolute Gasteiger partial charge is 0.493 e. The molecule has 1 unspecified atom stereocenters.